The highest BCUT2D eigenvalue weighted by Gasteiger charge is 2.09. The molecule has 3 aromatic rings. The van der Waals surface area contributed by atoms with Crippen LogP contribution >= 0.6 is 11.6 Å². The number of hydrogen-bond acceptors (Lipinski definition) is 3. The largest absolute Gasteiger partial charge is 0.378 e. The minimum absolute atomic E-state index is 0.677. The van der Waals surface area contributed by atoms with Gasteiger partial charge in [0.2, 0.25) is 0 Å². The normalized spacial score (nSPS) is 11.0. The number of benzene rings is 1. The van der Waals surface area contributed by atoms with Crippen LogP contribution in [0, 0.1) is 0 Å². The lowest BCUT2D eigenvalue weighted by molar-refractivity contribution is 0.661. The molecule has 1 N–H and O–H groups in total. The zero-order chi connectivity index (χ0) is 14.7. The summed E-state index contributed by atoms with van der Waals surface area (Å²) in [6, 6.07) is 9.71. The number of anilines is 1. The fourth-order valence-electron chi connectivity index (χ4n) is 2.39. The van der Waals surface area contributed by atoms with Gasteiger partial charge >= 0.3 is 0 Å². The monoisotopic (exact) mass is 300 g/mol. The molecule has 0 aliphatic rings. The molecular weight excluding hydrogens is 284 g/mol. The van der Waals surface area contributed by atoms with Crippen molar-refractivity contribution in [1.82, 2.24) is 14.5 Å². The minimum Gasteiger partial charge on any atom is -0.378 e. The smallest absolute Gasteiger partial charge is 0.129 e. The summed E-state index contributed by atoms with van der Waals surface area (Å²) < 4.78 is 2.25. The molecule has 4 nitrogen and oxygen atoms in total. The summed E-state index contributed by atoms with van der Waals surface area (Å²) >= 11 is 5.90. The van der Waals surface area contributed by atoms with Crippen LogP contribution in [0.2, 0.25) is 5.02 Å². The van der Waals surface area contributed by atoms with Gasteiger partial charge in [0.15, 0.2) is 0 Å². The lowest BCUT2D eigenvalue weighted by Crippen LogP contribution is -2.08. The van der Waals surface area contributed by atoms with Gasteiger partial charge in [-0.05, 0) is 36.8 Å². The third-order valence-electron chi connectivity index (χ3n) is 3.37. The van der Waals surface area contributed by atoms with Crippen LogP contribution in [-0.4, -0.2) is 14.5 Å². The summed E-state index contributed by atoms with van der Waals surface area (Å²) in [4.78, 5) is 8.82. The molecule has 5 heteroatoms. The summed E-state index contributed by atoms with van der Waals surface area (Å²) in [7, 11) is 0. The molecule has 0 saturated heterocycles. The number of halogens is 1. The number of nitrogens with zero attached hydrogens (tertiary/aromatic N) is 3. The van der Waals surface area contributed by atoms with Crippen molar-refractivity contribution in [2.75, 3.05) is 5.32 Å². The van der Waals surface area contributed by atoms with Gasteiger partial charge in [0.05, 0.1) is 18.3 Å². The van der Waals surface area contributed by atoms with Gasteiger partial charge in [-0.1, -0.05) is 18.5 Å². The molecule has 21 heavy (non-hydrogen) atoms. The Bertz CT molecular complexity index is 734. The summed E-state index contributed by atoms with van der Waals surface area (Å²) in [5.41, 5.74) is 3.12. The van der Waals surface area contributed by atoms with Crippen molar-refractivity contribution < 1.29 is 0 Å². The second kappa shape index (κ2) is 6.14. The summed E-state index contributed by atoms with van der Waals surface area (Å²) in [6.07, 6.45) is 4.70. The number of nitrogens with one attached hydrogen (secondary N) is 1. The van der Waals surface area contributed by atoms with Crippen LogP contribution in [0.4, 0.5) is 5.69 Å². The van der Waals surface area contributed by atoms with Gasteiger partial charge in [0.25, 0.3) is 0 Å². The van der Waals surface area contributed by atoms with E-state index in [1.54, 1.807) is 0 Å². The van der Waals surface area contributed by atoms with Gasteiger partial charge < -0.3 is 9.88 Å². The SMILES string of the molecule is CCCn1c(CNc2ccc(Cl)cc2)nc2cnccc21. The van der Waals surface area contributed by atoms with Crippen molar-refractivity contribution in [2.24, 2.45) is 0 Å². The van der Waals surface area contributed by atoms with Crippen molar-refractivity contribution in [3.63, 3.8) is 0 Å². The highest BCUT2D eigenvalue weighted by Crippen LogP contribution is 2.18. The van der Waals surface area contributed by atoms with Crippen LogP contribution in [0.3, 0.4) is 0 Å². The Kier molecular flexibility index (Phi) is 4.06. The molecule has 0 atom stereocenters. The fraction of sp³-hybridized carbons (Fsp3) is 0.250. The maximum Gasteiger partial charge on any atom is 0.129 e. The van der Waals surface area contributed by atoms with E-state index in [9.17, 15) is 0 Å². The molecule has 0 aliphatic carbocycles. The Morgan fingerprint density at radius 1 is 1.19 bits per heavy atom. The predicted molar refractivity (Wildman–Crippen MR) is 86.6 cm³/mol. The Morgan fingerprint density at radius 3 is 2.76 bits per heavy atom. The molecule has 0 bridgehead atoms. The number of aromatic nitrogens is 3. The number of hydrogen-bond donors (Lipinski definition) is 1. The molecule has 3 rings (SSSR count). The van der Waals surface area contributed by atoms with Crippen LogP contribution in [0.25, 0.3) is 11.0 Å². The average molecular weight is 301 g/mol. The third kappa shape index (κ3) is 3.00. The van der Waals surface area contributed by atoms with Crippen molar-refractivity contribution in [2.45, 2.75) is 26.4 Å². The van der Waals surface area contributed by atoms with Crippen molar-refractivity contribution in [1.29, 1.82) is 0 Å². The maximum atomic E-state index is 5.90. The van der Waals surface area contributed by atoms with Gasteiger partial charge in [-0.2, -0.15) is 0 Å². The van der Waals surface area contributed by atoms with Crippen molar-refractivity contribution >= 4 is 28.3 Å². The lowest BCUT2D eigenvalue weighted by atomic mass is 10.3. The molecule has 0 aliphatic heterocycles. The van der Waals surface area contributed by atoms with Gasteiger partial charge in [-0.15, -0.1) is 0 Å². The Morgan fingerprint density at radius 2 is 2.00 bits per heavy atom. The van der Waals surface area contributed by atoms with Gasteiger partial charge in [-0.25, -0.2) is 4.98 Å². The second-order valence-corrected chi connectivity index (χ2v) is 5.34. The van der Waals surface area contributed by atoms with Crippen LogP contribution < -0.4 is 5.32 Å². The molecule has 2 heterocycles. The van der Waals surface area contributed by atoms with Gasteiger partial charge in [-0.3, -0.25) is 4.98 Å². The van der Waals surface area contributed by atoms with E-state index in [1.165, 1.54) is 0 Å². The van der Waals surface area contributed by atoms with Gasteiger partial charge in [0.1, 0.15) is 11.3 Å². The summed E-state index contributed by atoms with van der Waals surface area (Å²) in [5, 5.41) is 4.13. The molecule has 2 aromatic heterocycles. The van der Waals surface area contributed by atoms with Crippen molar-refractivity contribution in [3.8, 4) is 0 Å². The highest BCUT2D eigenvalue weighted by molar-refractivity contribution is 6.30. The third-order valence-corrected chi connectivity index (χ3v) is 3.62. The van der Waals surface area contributed by atoms with E-state index < -0.39 is 0 Å². The molecule has 0 amide bonds. The quantitative estimate of drug-likeness (QED) is 0.771. The number of fused-ring (bicyclic) bond motifs is 1. The van der Waals surface area contributed by atoms with Crippen LogP contribution in [0.15, 0.2) is 42.7 Å². The first-order valence-electron chi connectivity index (χ1n) is 7.06. The average Bonchev–Trinajstić information content (AvgIpc) is 2.85. The second-order valence-electron chi connectivity index (χ2n) is 4.90. The first-order valence-corrected chi connectivity index (χ1v) is 7.44. The molecule has 108 valence electrons. The van der Waals surface area contributed by atoms with E-state index in [2.05, 4.69) is 26.8 Å². The van der Waals surface area contributed by atoms with Gasteiger partial charge in [0, 0.05) is 23.5 Å². The van der Waals surface area contributed by atoms with E-state index in [4.69, 9.17) is 11.6 Å². The van der Waals surface area contributed by atoms with E-state index in [-0.39, 0.29) is 0 Å². The number of rotatable bonds is 5. The molecule has 0 saturated carbocycles. The van der Waals surface area contributed by atoms with E-state index in [0.717, 1.165) is 40.5 Å². The minimum atomic E-state index is 0.677. The van der Waals surface area contributed by atoms with E-state index in [1.807, 2.05) is 42.7 Å². The number of aryl methyl sites for hydroxylation is 1. The van der Waals surface area contributed by atoms with E-state index in [0.29, 0.717) is 6.54 Å². The maximum absolute atomic E-state index is 5.90. The fourth-order valence-corrected chi connectivity index (χ4v) is 2.51. The number of pyridine rings is 1. The molecule has 0 radical (unpaired) electrons. The zero-order valence-electron chi connectivity index (χ0n) is 11.9. The first kappa shape index (κ1) is 13.9. The zero-order valence-corrected chi connectivity index (χ0v) is 12.6. The topological polar surface area (TPSA) is 42.7 Å². The molecule has 0 fully saturated rings. The summed E-state index contributed by atoms with van der Waals surface area (Å²) in [5.74, 6) is 1.02. The van der Waals surface area contributed by atoms with Crippen LogP contribution in [0.1, 0.15) is 19.2 Å². The molecule has 0 spiro atoms. The Labute approximate surface area is 128 Å². The van der Waals surface area contributed by atoms with E-state index >= 15 is 0 Å². The standard InChI is InChI=1S/C16H17ClN4/c1-2-9-21-15-7-8-18-10-14(15)20-16(21)11-19-13-5-3-12(17)4-6-13/h3-8,10,19H,2,9,11H2,1H3. The predicted octanol–water partition coefficient (Wildman–Crippen LogP) is 4.11. The molecule has 1 aromatic carbocycles. The number of imidazole rings is 1. The molecule has 0 unspecified atom stereocenters. The lowest BCUT2D eigenvalue weighted by Gasteiger charge is -2.09. The van der Waals surface area contributed by atoms with Crippen LogP contribution in [-0.2, 0) is 13.1 Å². The highest BCUT2D eigenvalue weighted by atomic mass is 35.5. The Hall–Kier alpha value is -2.07. The Balaban J connectivity index is 1.85. The molecular formula is C16H17ClN4. The van der Waals surface area contributed by atoms with Crippen molar-refractivity contribution in [3.05, 3.63) is 53.6 Å². The summed E-state index contributed by atoms with van der Waals surface area (Å²) in [6.45, 7) is 3.80. The first-order chi connectivity index (χ1) is 10.3. The van der Waals surface area contributed by atoms with Crippen LogP contribution in [0.5, 0.6) is 0 Å².